The van der Waals surface area contributed by atoms with Crippen molar-refractivity contribution in [3.63, 3.8) is 0 Å². The summed E-state index contributed by atoms with van der Waals surface area (Å²) < 4.78 is 1.42. The highest BCUT2D eigenvalue weighted by Gasteiger charge is 2.26. The number of hydrogen-bond donors (Lipinski definition) is 1. The van der Waals surface area contributed by atoms with Crippen LogP contribution in [0.15, 0.2) is 0 Å². The minimum atomic E-state index is -0.573. The average molecular weight is 325 g/mol. The number of hydrogen-bond acceptors (Lipinski definition) is 5. The van der Waals surface area contributed by atoms with Gasteiger partial charge < -0.3 is 10.2 Å². The van der Waals surface area contributed by atoms with Crippen molar-refractivity contribution in [3.05, 3.63) is 21.5 Å². The number of aromatic nitrogens is 2. The Bertz CT molecular complexity index is 552. The Morgan fingerprint density at radius 3 is 2.48 bits per heavy atom. The van der Waals surface area contributed by atoms with Crippen LogP contribution in [0.4, 0.5) is 5.69 Å². The van der Waals surface area contributed by atoms with Gasteiger partial charge in [0.25, 0.3) is 0 Å². The molecule has 1 rings (SSSR count). The minimum absolute atomic E-state index is 0.0221. The van der Waals surface area contributed by atoms with Crippen LogP contribution in [0.25, 0.3) is 0 Å². The molecule has 0 fully saturated rings. The Labute approximate surface area is 137 Å². The first-order chi connectivity index (χ1) is 10.8. The van der Waals surface area contributed by atoms with Crippen LogP contribution in [0, 0.1) is 24.0 Å². The molecule has 8 nitrogen and oxygen atoms in total. The number of nitrogens with one attached hydrogen (secondary N) is 1. The SMILES string of the molecule is CCN(CC)CCCNC(=O)C(C)n1nc(C)c([N+](=O)[O-])c1C. The van der Waals surface area contributed by atoms with E-state index < -0.39 is 11.0 Å². The van der Waals surface area contributed by atoms with E-state index in [0.29, 0.717) is 17.9 Å². The first kappa shape index (κ1) is 19.1. The normalized spacial score (nSPS) is 12.4. The molecule has 1 aromatic rings. The van der Waals surface area contributed by atoms with Gasteiger partial charge in [0.05, 0.1) is 4.92 Å². The third-order valence-corrected chi connectivity index (χ3v) is 4.06. The van der Waals surface area contributed by atoms with Crippen molar-refractivity contribution >= 4 is 11.6 Å². The Morgan fingerprint density at radius 2 is 2.00 bits per heavy atom. The van der Waals surface area contributed by atoms with Gasteiger partial charge in [0.1, 0.15) is 17.4 Å². The Kier molecular flexibility index (Phi) is 7.15. The fourth-order valence-corrected chi connectivity index (χ4v) is 2.61. The summed E-state index contributed by atoms with van der Waals surface area (Å²) in [4.78, 5) is 25.1. The largest absolute Gasteiger partial charge is 0.354 e. The Morgan fingerprint density at radius 1 is 1.39 bits per heavy atom. The van der Waals surface area contributed by atoms with Crippen LogP contribution < -0.4 is 5.32 Å². The lowest BCUT2D eigenvalue weighted by molar-refractivity contribution is -0.386. The highest BCUT2D eigenvalue weighted by molar-refractivity contribution is 5.80. The topological polar surface area (TPSA) is 93.3 Å². The smallest absolute Gasteiger partial charge is 0.312 e. The van der Waals surface area contributed by atoms with Gasteiger partial charge in [-0.15, -0.1) is 0 Å². The van der Waals surface area contributed by atoms with Crippen LogP contribution in [-0.4, -0.2) is 51.7 Å². The summed E-state index contributed by atoms with van der Waals surface area (Å²) in [5, 5.41) is 18.0. The van der Waals surface area contributed by atoms with Crippen molar-refractivity contribution in [2.75, 3.05) is 26.2 Å². The van der Waals surface area contributed by atoms with Crippen molar-refractivity contribution in [2.24, 2.45) is 0 Å². The zero-order valence-electron chi connectivity index (χ0n) is 14.6. The molecule has 0 saturated heterocycles. The fraction of sp³-hybridized carbons (Fsp3) is 0.733. The molecule has 0 saturated carbocycles. The van der Waals surface area contributed by atoms with Crippen molar-refractivity contribution in [1.29, 1.82) is 0 Å². The summed E-state index contributed by atoms with van der Waals surface area (Å²) in [5.41, 5.74) is 0.707. The molecule has 0 aliphatic rings. The molecular weight excluding hydrogens is 298 g/mol. The molecular formula is C15H27N5O3. The average Bonchev–Trinajstić information content (AvgIpc) is 2.81. The summed E-state index contributed by atoms with van der Waals surface area (Å²) >= 11 is 0. The van der Waals surface area contributed by atoms with E-state index in [2.05, 4.69) is 29.2 Å². The number of aryl methyl sites for hydroxylation is 1. The zero-order valence-corrected chi connectivity index (χ0v) is 14.6. The van der Waals surface area contributed by atoms with E-state index >= 15 is 0 Å². The van der Waals surface area contributed by atoms with Gasteiger partial charge in [-0.3, -0.25) is 19.6 Å². The first-order valence-corrected chi connectivity index (χ1v) is 8.03. The molecule has 1 heterocycles. The van der Waals surface area contributed by atoms with Gasteiger partial charge in [-0.1, -0.05) is 13.8 Å². The van der Waals surface area contributed by atoms with Crippen molar-refractivity contribution in [1.82, 2.24) is 20.0 Å². The second kappa shape index (κ2) is 8.61. The molecule has 23 heavy (non-hydrogen) atoms. The van der Waals surface area contributed by atoms with Gasteiger partial charge in [0, 0.05) is 6.54 Å². The van der Waals surface area contributed by atoms with Crippen molar-refractivity contribution in [2.45, 2.75) is 47.1 Å². The Hall–Kier alpha value is -1.96. The van der Waals surface area contributed by atoms with E-state index in [1.165, 1.54) is 4.68 Å². The van der Waals surface area contributed by atoms with Gasteiger partial charge in [-0.05, 0) is 46.8 Å². The summed E-state index contributed by atoms with van der Waals surface area (Å²) in [6.45, 7) is 12.6. The van der Waals surface area contributed by atoms with Crippen molar-refractivity contribution < 1.29 is 9.72 Å². The highest BCUT2D eigenvalue weighted by Crippen LogP contribution is 2.24. The van der Waals surface area contributed by atoms with Gasteiger partial charge in [0.15, 0.2) is 0 Å². The maximum Gasteiger partial charge on any atom is 0.312 e. The predicted octanol–water partition coefficient (Wildman–Crippen LogP) is 1.82. The molecule has 1 N–H and O–H groups in total. The molecule has 0 aliphatic heterocycles. The lowest BCUT2D eigenvalue weighted by Crippen LogP contribution is -2.34. The molecule has 0 radical (unpaired) electrons. The molecule has 130 valence electrons. The highest BCUT2D eigenvalue weighted by atomic mass is 16.6. The van der Waals surface area contributed by atoms with E-state index in [9.17, 15) is 14.9 Å². The number of carbonyl (C=O) groups excluding carboxylic acids is 1. The lowest BCUT2D eigenvalue weighted by atomic mass is 10.2. The van der Waals surface area contributed by atoms with Gasteiger partial charge >= 0.3 is 5.69 Å². The first-order valence-electron chi connectivity index (χ1n) is 8.03. The maximum atomic E-state index is 12.2. The van der Waals surface area contributed by atoms with E-state index in [1.807, 2.05) is 0 Å². The quantitative estimate of drug-likeness (QED) is 0.424. The summed E-state index contributed by atoms with van der Waals surface area (Å²) in [6, 6.07) is -0.573. The fourth-order valence-electron chi connectivity index (χ4n) is 2.61. The maximum absolute atomic E-state index is 12.2. The van der Waals surface area contributed by atoms with Crippen LogP contribution in [0.5, 0.6) is 0 Å². The minimum Gasteiger partial charge on any atom is -0.354 e. The number of carbonyl (C=O) groups is 1. The standard InChI is InChI=1S/C15H27N5O3/c1-6-18(7-2)10-8-9-16-15(21)13(5)19-12(4)14(20(22)23)11(3)17-19/h13H,6-10H2,1-5H3,(H,16,21). The number of rotatable bonds is 9. The second-order valence-corrected chi connectivity index (χ2v) is 5.57. The zero-order chi connectivity index (χ0) is 17.6. The molecule has 1 aromatic heterocycles. The summed E-state index contributed by atoms with van der Waals surface area (Å²) in [5.74, 6) is -0.176. The van der Waals surface area contributed by atoms with E-state index in [4.69, 9.17) is 0 Å². The van der Waals surface area contributed by atoms with Crippen LogP contribution in [0.1, 0.15) is 44.6 Å². The third kappa shape index (κ3) is 4.75. The van der Waals surface area contributed by atoms with Gasteiger partial charge in [-0.2, -0.15) is 5.10 Å². The number of nitrogens with zero attached hydrogens (tertiary/aromatic N) is 4. The summed E-state index contributed by atoms with van der Waals surface area (Å²) in [6.07, 6.45) is 0.872. The third-order valence-electron chi connectivity index (χ3n) is 4.06. The molecule has 0 aliphatic carbocycles. The van der Waals surface area contributed by atoms with Crippen LogP contribution >= 0.6 is 0 Å². The second-order valence-electron chi connectivity index (χ2n) is 5.57. The van der Waals surface area contributed by atoms with E-state index in [-0.39, 0.29) is 11.6 Å². The monoisotopic (exact) mass is 325 g/mol. The van der Waals surface area contributed by atoms with E-state index in [1.54, 1.807) is 20.8 Å². The van der Waals surface area contributed by atoms with Gasteiger partial charge in [-0.25, -0.2) is 0 Å². The van der Waals surface area contributed by atoms with Gasteiger partial charge in [0.2, 0.25) is 5.91 Å². The molecule has 1 unspecified atom stereocenters. The molecule has 1 amide bonds. The van der Waals surface area contributed by atoms with Crippen LogP contribution in [0.3, 0.4) is 0 Å². The molecule has 8 heteroatoms. The predicted molar refractivity (Wildman–Crippen MR) is 88.5 cm³/mol. The van der Waals surface area contributed by atoms with Crippen molar-refractivity contribution in [3.8, 4) is 0 Å². The molecule has 1 atom stereocenters. The Balaban J connectivity index is 2.61. The lowest BCUT2D eigenvalue weighted by Gasteiger charge is -2.18. The van der Waals surface area contributed by atoms with E-state index in [0.717, 1.165) is 26.1 Å². The number of amides is 1. The molecule has 0 spiro atoms. The van der Waals surface area contributed by atoms with Crippen LogP contribution in [0.2, 0.25) is 0 Å². The molecule has 0 bridgehead atoms. The van der Waals surface area contributed by atoms with Crippen LogP contribution in [-0.2, 0) is 4.79 Å². The summed E-state index contributed by atoms with van der Waals surface area (Å²) in [7, 11) is 0. The molecule has 0 aromatic carbocycles. The number of nitro groups is 1.